The summed E-state index contributed by atoms with van der Waals surface area (Å²) in [6.07, 6.45) is -5.18. The van der Waals surface area contributed by atoms with Crippen LogP contribution in [0.3, 0.4) is 0 Å². The second-order valence-electron chi connectivity index (χ2n) is 9.13. The molecule has 198 valence electrons. The van der Waals surface area contributed by atoms with Gasteiger partial charge in [0.15, 0.2) is 0 Å². The summed E-state index contributed by atoms with van der Waals surface area (Å²) in [5.74, 6) is -3.89. The summed E-state index contributed by atoms with van der Waals surface area (Å²) >= 11 is 5.92. The van der Waals surface area contributed by atoms with Gasteiger partial charge in [-0.1, -0.05) is 24.6 Å². The number of rotatable bonds is 7. The van der Waals surface area contributed by atoms with Gasteiger partial charge in [0.1, 0.15) is 0 Å². The molecule has 0 unspecified atom stereocenters. The molecule has 2 fully saturated rings. The molecule has 0 spiro atoms. The molecule has 3 rings (SSSR count). The van der Waals surface area contributed by atoms with E-state index >= 15 is 0 Å². The monoisotopic (exact) mass is 545 g/mol. The number of piperazine rings is 1. The molecule has 1 saturated heterocycles. The van der Waals surface area contributed by atoms with Crippen LogP contribution >= 0.6 is 11.6 Å². The van der Waals surface area contributed by atoms with E-state index < -0.39 is 57.5 Å². The van der Waals surface area contributed by atoms with Crippen molar-refractivity contribution >= 4 is 27.5 Å². The zero-order chi connectivity index (χ0) is 26.1. The van der Waals surface area contributed by atoms with Crippen molar-refractivity contribution in [3.8, 4) is 0 Å². The fraction of sp³-hybridized carbons (Fsp3) is 0.682. The molecule has 1 heterocycles. The largest absolute Gasteiger partial charge is 0.417 e. The Morgan fingerprint density at radius 3 is 2.23 bits per heavy atom. The minimum absolute atomic E-state index is 0.0106. The van der Waals surface area contributed by atoms with Crippen molar-refractivity contribution in [2.45, 2.75) is 56.7 Å². The number of carbonyl (C=O) groups excluding carboxylic acids is 1. The third-order valence-corrected chi connectivity index (χ3v) is 9.19. The first-order valence-electron chi connectivity index (χ1n) is 11.5. The predicted molar refractivity (Wildman–Crippen MR) is 122 cm³/mol. The molecule has 1 amide bonds. The summed E-state index contributed by atoms with van der Waals surface area (Å²) in [4.78, 5) is 14.7. The number of halogens is 6. The first kappa shape index (κ1) is 28.1. The molecular weight excluding hydrogens is 517 g/mol. The molecule has 1 saturated carbocycles. The number of amides is 1. The van der Waals surface area contributed by atoms with Gasteiger partial charge >= 0.3 is 6.18 Å². The van der Waals surface area contributed by atoms with Gasteiger partial charge < -0.3 is 5.32 Å². The molecule has 0 bridgehead atoms. The number of hydrogen-bond donors (Lipinski definition) is 1. The highest BCUT2D eigenvalue weighted by Gasteiger charge is 2.48. The van der Waals surface area contributed by atoms with Crippen LogP contribution in [-0.4, -0.2) is 73.5 Å². The molecule has 6 nitrogen and oxygen atoms in total. The quantitative estimate of drug-likeness (QED) is 0.516. The predicted octanol–water partition coefficient (Wildman–Crippen LogP) is 4.39. The zero-order valence-corrected chi connectivity index (χ0v) is 20.9. The van der Waals surface area contributed by atoms with Gasteiger partial charge in [0, 0.05) is 51.1 Å². The van der Waals surface area contributed by atoms with Gasteiger partial charge in [-0.2, -0.15) is 17.5 Å². The molecule has 0 atom stereocenters. The van der Waals surface area contributed by atoms with E-state index in [1.54, 1.807) is 6.92 Å². The Kier molecular flexibility index (Phi) is 8.40. The lowest BCUT2D eigenvalue weighted by Gasteiger charge is -2.50. The molecule has 1 aliphatic carbocycles. The van der Waals surface area contributed by atoms with E-state index in [0.717, 1.165) is 12.1 Å². The van der Waals surface area contributed by atoms with Gasteiger partial charge in [-0.3, -0.25) is 9.69 Å². The minimum Gasteiger partial charge on any atom is -0.350 e. The van der Waals surface area contributed by atoms with Crippen molar-refractivity contribution in [3.05, 3.63) is 34.3 Å². The van der Waals surface area contributed by atoms with E-state index in [2.05, 4.69) is 5.32 Å². The van der Waals surface area contributed by atoms with Crippen LogP contribution in [0.1, 0.15) is 54.9 Å². The summed E-state index contributed by atoms with van der Waals surface area (Å²) in [7, 11) is -3.42. The number of benzene rings is 1. The van der Waals surface area contributed by atoms with Crippen molar-refractivity contribution in [2.75, 3.05) is 38.5 Å². The summed E-state index contributed by atoms with van der Waals surface area (Å²) in [5.41, 5.74) is -2.83. The molecule has 1 aromatic rings. The molecule has 0 aromatic heterocycles. The zero-order valence-electron chi connectivity index (χ0n) is 19.3. The van der Waals surface area contributed by atoms with E-state index in [9.17, 15) is 35.2 Å². The number of nitrogens with zero attached hydrogens (tertiary/aromatic N) is 2. The van der Waals surface area contributed by atoms with Crippen molar-refractivity contribution in [1.82, 2.24) is 14.5 Å². The summed E-state index contributed by atoms with van der Waals surface area (Å²) in [5, 5.41) is 2.14. The van der Waals surface area contributed by atoms with E-state index in [4.69, 9.17) is 11.6 Å². The second-order valence-corrected chi connectivity index (χ2v) is 11.6. The van der Waals surface area contributed by atoms with E-state index in [-0.39, 0.29) is 56.3 Å². The van der Waals surface area contributed by atoms with E-state index in [1.807, 2.05) is 4.90 Å². The lowest BCUT2D eigenvalue weighted by atomic mass is 9.78. The van der Waals surface area contributed by atoms with Gasteiger partial charge in [-0.25, -0.2) is 17.2 Å². The summed E-state index contributed by atoms with van der Waals surface area (Å²) in [6, 6.07) is 3.03. The Labute approximate surface area is 206 Å². The Hall–Kier alpha value is -1.50. The van der Waals surface area contributed by atoms with Gasteiger partial charge in [-0.15, -0.1) is 0 Å². The van der Waals surface area contributed by atoms with Crippen LogP contribution in [-0.2, 0) is 16.2 Å². The van der Waals surface area contributed by atoms with Crippen molar-refractivity contribution < 1.29 is 35.2 Å². The van der Waals surface area contributed by atoms with Crippen LogP contribution in [0.15, 0.2) is 18.2 Å². The lowest BCUT2D eigenvalue weighted by molar-refractivity contribution is -0.138. The van der Waals surface area contributed by atoms with Crippen LogP contribution in [0.5, 0.6) is 0 Å². The Morgan fingerprint density at radius 1 is 1.09 bits per heavy atom. The molecule has 1 aromatic carbocycles. The highest BCUT2D eigenvalue weighted by atomic mass is 35.5. The van der Waals surface area contributed by atoms with E-state index in [0.29, 0.717) is 6.42 Å². The minimum atomic E-state index is -4.80. The normalized spacial score (nSPS) is 21.6. The molecule has 2 aliphatic rings. The number of sulfonamides is 1. The first-order chi connectivity index (χ1) is 16.2. The second kappa shape index (κ2) is 10.5. The number of carbonyl (C=O) groups is 1. The van der Waals surface area contributed by atoms with Gasteiger partial charge in [0.05, 0.1) is 21.9 Å². The molecule has 1 N–H and O–H groups in total. The third kappa shape index (κ3) is 6.44. The maximum atomic E-state index is 14.0. The van der Waals surface area contributed by atoms with Gasteiger partial charge in [0.25, 0.3) is 5.91 Å². The summed E-state index contributed by atoms with van der Waals surface area (Å²) in [6.45, 7) is 2.49. The van der Waals surface area contributed by atoms with Crippen molar-refractivity contribution in [2.24, 2.45) is 0 Å². The molecule has 0 radical (unpaired) electrons. The van der Waals surface area contributed by atoms with Crippen LogP contribution in [0, 0.1) is 0 Å². The number of alkyl halides is 5. The van der Waals surface area contributed by atoms with Crippen LogP contribution in [0.4, 0.5) is 22.0 Å². The number of hydrogen-bond acceptors (Lipinski definition) is 4. The van der Waals surface area contributed by atoms with Gasteiger partial charge in [0.2, 0.25) is 15.9 Å². The highest BCUT2D eigenvalue weighted by molar-refractivity contribution is 7.89. The Morgan fingerprint density at radius 2 is 1.69 bits per heavy atom. The van der Waals surface area contributed by atoms with Crippen LogP contribution in [0.25, 0.3) is 0 Å². The smallest absolute Gasteiger partial charge is 0.350 e. The Balaban J connectivity index is 1.79. The fourth-order valence-electron chi connectivity index (χ4n) is 4.84. The van der Waals surface area contributed by atoms with Gasteiger partial charge in [-0.05, 0) is 31.4 Å². The average molecular weight is 546 g/mol. The third-order valence-electron chi connectivity index (χ3n) is 6.80. The number of nitrogens with one attached hydrogen (secondary N) is 1. The van der Waals surface area contributed by atoms with Crippen molar-refractivity contribution in [1.29, 1.82) is 0 Å². The average Bonchev–Trinajstić information content (AvgIpc) is 2.78. The first-order valence-corrected chi connectivity index (χ1v) is 13.4. The maximum Gasteiger partial charge on any atom is 0.417 e. The SMILES string of the molecule is CCCS(=O)(=O)N1CCN(C2(CNC(=O)c3c(Cl)cccc3C(F)(F)F)CCC(F)(F)CC2)CC1. The van der Waals surface area contributed by atoms with Crippen LogP contribution in [0.2, 0.25) is 5.02 Å². The highest BCUT2D eigenvalue weighted by Crippen LogP contribution is 2.42. The fourth-order valence-corrected chi connectivity index (χ4v) is 6.59. The standard InChI is InChI=1S/C22H29ClF5N3O3S/c1-2-14-35(33,34)31-12-10-30(11-13-31)20(6-8-21(24,25)9-7-20)15-29-19(32)18-16(22(26,27)28)4-3-5-17(18)23/h3-5H,2,6-15H2,1H3,(H,29,32). The van der Waals surface area contributed by atoms with Crippen molar-refractivity contribution in [3.63, 3.8) is 0 Å². The lowest BCUT2D eigenvalue weighted by Crippen LogP contribution is -2.63. The van der Waals surface area contributed by atoms with E-state index in [1.165, 1.54) is 10.4 Å². The maximum absolute atomic E-state index is 14.0. The Bertz CT molecular complexity index is 1020. The molecule has 13 heteroatoms. The molecular formula is C22H29ClF5N3O3S. The molecule has 1 aliphatic heterocycles. The van der Waals surface area contributed by atoms with Crippen LogP contribution < -0.4 is 5.32 Å². The summed E-state index contributed by atoms with van der Waals surface area (Å²) < 4.78 is 94.4. The topological polar surface area (TPSA) is 69.7 Å². The molecule has 35 heavy (non-hydrogen) atoms.